The fourth-order valence-corrected chi connectivity index (χ4v) is 6.40. The molecule has 3 aromatic rings. The molecule has 0 fully saturated rings. The van der Waals surface area contributed by atoms with Crippen LogP contribution in [-0.4, -0.2) is 33.8 Å². The Kier molecular flexibility index (Phi) is 4.62. The average Bonchev–Trinajstić information content (AvgIpc) is 3.31. The summed E-state index contributed by atoms with van der Waals surface area (Å²) in [7, 11) is 0. The normalized spacial score (nSPS) is 22.3. The van der Waals surface area contributed by atoms with Gasteiger partial charge in [0, 0.05) is 24.7 Å². The van der Waals surface area contributed by atoms with E-state index in [-0.39, 0.29) is 35.8 Å². The highest BCUT2D eigenvalue weighted by Crippen LogP contribution is 2.57. The fourth-order valence-electron chi connectivity index (χ4n) is 6.40. The molecular weight excluding hydrogens is 452 g/mol. The number of amides is 1. The van der Waals surface area contributed by atoms with Crippen LogP contribution >= 0.6 is 0 Å². The lowest BCUT2D eigenvalue weighted by Crippen LogP contribution is -2.63. The molecule has 0 saturated heterocycles. The van der Waals surface area contributed by atoms with Crippen LogP contribution < -0.4 is 10.4 Å². The number of hydrogen-bond donors (Lipinski definition) is 1. The molecule has 6 rings (SSSR count). The largest absolute Gasteiger partial charge is 0.502 e. The first-order valence-electron chi connectivity index (χ1n) is 11.8. The fraction of sp³-hybridized carbons (Fsp3) is 0.333. The van der Waals surface area contributed by atoms with Crippen LogP contribution in [0.5, 0.6) is 5.75 Å². The van der Waals surface area contributed by atoms with Crippen LogP contribution in [0.2, 0.25) is 0 Å². The SMILES string of the molecule is CC(C)CN1CN(C23c4cccc(F)c4CC2Cc2c(F)cccc23)n2ccc(=O)c(O)c2C1=O. The van der Waals surface area contributed by atoms with Crippen molar-refractivity contribution >= 4 is 5.91 Å². The van der Waals surface area contributed by atoms with E-state index in [1.807, 2.05) is 31.0 Å². The molecule has 1 amide bonds. The average molecular weight is 478 g/mol. The molecule has 8 heteroatoms. The van der Waals surface area contributed by atoms with Crippen molar-refractivity contribution in [1.82, 2.24) is 9.58 Å². The lowest BCUT2D eigenvalue weighted by Gasteiger charge is -2.50. The number of pyridine rings is 1. The molecule has 1 N–H and O–H groups in total. The van der Waals surface area contributed by atoms with E-state index in [9.17, 15) is 14.7 Å². The molecule has 0 atom stereocenters. The van der Waals surface area contributed by atoms with Crippen molar-refractivity contribution in [3.05, 3.63) is 98.5 Å². The van der Waals surface area contributed by atoms with Crippen LogP contribution in [0.3, 0.4) is 0 Å². The number of aromatic nitrogens is 1. The third-order valence-electron chi connectivity index (χ3n) is 7.65. The first-order chi connectivity index (χ1) is 16.7. The Bertz CT molecular complexity index is 1390. The molecule has 1 aromatic heterocycles. The highest BCUT2D eigenvalue weighted by atomic mass is 19.1. The maximum absolute atomic E-state index is 15.1. The van der Waals surface area contributed by atoms with Gasteiger partial charge in [-0.05, 0) is 53.1 Å². The summed E-state index contributed by atoms with van der Waals surface area (Å²) >= 11 is 0. The third kappa shape index (κ3) is 2.79. The molecule has 0 bridgehead atoms. The monoisotopic (exact) mass is 477 g/mol. The van der Waals surface area contributed by atoms with Gasteiger partial charge in [-0.1, -0.05) is 38.1 Å². The number of nitrogens with zero attached hydrogens (tertiary/aromatic N) is 3. The molecular formula is C27H25F2N3O3. The second-order valence-electron chi connectivity index (χ2n) is 10.1. The molecule has 0 radical (unpaired) electrons. The second kappa shape index (κ2) is 7.41. The Morgan fingerprint density at radius 3 is 2.17 bits per heavy atom. The summed E-state index contributed by atoms with van der Waals surface area (Å²) in [6.45, 7) is 4.48. The third-order valence-corrected chi connectivity index (χ3v) is 7.65. The van der Waals surface area contributed by atoms with Gasteiger partial charge in [-0.15, -0.1) is 0 Å². The van der Waals surface area contributed by atoms with Crippen molar-refractivity contribution in [2.75, 3.05) is 18.2 Å². The van der Waals surface area contributed by atoms with Gasteiger partial charge in [0.05, 0.1) is 0 Å². The van der Waals surface area contributed by atoms with E-state index in [0.717, 1.165) is 11.1 Å². The molecule has 6 nitrogen and oxygen atoms in total. The van der Waals surface area contributed by atoms with Crippen molar-refractivity contribution in [3.63, 3.8) is 0 Å². The summed E-state index contributed by atoms with van der Waals surface area (Å²) < 4.78 is 31.7. The van der Waals surface area contributed by atoms with Crippen molar-refractivity contribution < 1.29 is 18.7 Å². The van der Waals surface area contributed by atoms with E-state index in [4.69, 9.17) is 0 Å². The summed E-state index contributed by atoms with van der Waals surface area (Å²) in [5, 5.41) is 12.6. The van der Waals surface area contributed by atoms with Crippen LogP contribution in [-0.2, 0) is 18.4 Å². The minimum Gasteiger partial charge on any atom is -0.502 e. The van der Waals surface area contributed by atoms with Crippen LogP contribution in [0, 0.1) is 23.5 Å². The Morgan fingerprint density at radius 2 is 1.60 bits per heavy atom. The van der Waals surface area contributed by atoms with Gasteiger partial charge in [0.2, 0.25) is 5.43 Å². The van der Waals surface area contributed by atoms with Crippen LogP contribution in [0.15, 0.2) is 53.5 Å². The van der Waals surface area contributed by atoms with Crippen LogP contribution in [0.25, 0.3) is 0 Å². The van der Waals surface area contributed by atoms with Gasteiger partial charge >= 0.3 is 0 Å². The van der Waals surface area contributed by atoms with E-state index in [1.54, 1.807) is 17.0 Å². The van der Waals surface area contributed by atoms with Crippen LogP contribution in [0.1, 0.15) is 46.6 Å². The summed E-state index contributed by atoms with van der Waals surface area (Å²) in [5.74, 6) is -1.79. The van der Waals surface area contributed by atoms with Gasteiger partial charge in [0.15, 0.2) is 11.4 Å². The minimum absolute atomic E-state index is 0.125. The van der Waals surface area contributed by atoms with Gasteiger partial charge < -0.3 is 10.0 Å². The maximum Gasteiger partial charge on any atom is 0.277 e. The number of benzene rings is 2. The van der Waals surface area contributed by atoms with Crippen molar-refractivity contribution in [3.8, 4) is 5.75 Å². The smallest absolute Gasteiger partial charge is 0.277 e. The highest BCUT2D eigenvalue weighted by Gasteiger charge is 2.59. The standard InChI is InChI=1S/C27H25F2N3O3/c1-15(2)13-30-14-32(31-10-9-23(33)25(34)24(31)26(30)35)27-16(11-17-19(27)5-3-7-21(17)28)12-18-20(27)6-4-8-22(18)29/h3-10,15-16,34H,11-14H2,1-2H3. The second-order valence-corrected chi connectivity index (χ2v) is 10.1. The summed E-state index contributed by atoms with van der Waals surface area (Å²) in [5.41, 5.74) is 0.817. The summed E-state index contributed by atoms with van der Waals surface area (Å²) in [4.78, 5) is 27.4. The van der Waals surface area contributed by atoms with Gasteiger partial charge in [0.25, 0.3) is 5.91 Å². The van der Waals surface area contributed by atoms with Gasteiger partial charge in [-0.2, -0.15) is 0 Å². The number of carbonyl (C=O) groups excluding carboxylic acids is 1. The minimum atomic E-state index is -0.985. The number of rotatable bonds is 3. The van der Waals surface area contributed by atoms with E-state index in [0.29, 0.717) is 30.5 Å². The van der Waals surface area contributed by atoms with Crippen molar-refractivity contribution in [1.29, 1.82) is 0 Å². The molecule has 180 valence electrons. The quantitative estimate of drug-likeness (QED) is 0.627. The van der Waals surface area contributed by atoms with E-state index < -0.39 is 22.6 Å². The molecule has 2 aliphatic carbocycles. The number of hydrogen-bond acceptors (Lipinski definition) is 4. The Labute approximate surface area is 201 Å². The highest BCUT2D eigenvalue weighted by molar-refractivity contribution is 5.96. The topological polar surface area (TPSA) is 65.8 Å². The van der Waals surface area contributed by atoms with E-state index in [1.165, 1.54) is 29.1 Å². The van der Waals surface area contributed by atoms with Crippen molar-refractivity contribution in [2.24, 2.45) is 11.8 Å². The summed E-state index contributed by atoms with van der Waals surface area (Å²) in [6, 6.07) is 11.1. The molecule has 0 unspecified atom stereocenters. The van der Waals surface area contributed by atoms with E-state index >= 15 is 8.78 Å². The summed E-state index contributed by atoms with van der Waals surface area (Å²) in [6.07, 6.45) is 2.29. The predicted octanol–water partition coefficient (Wildman–Crippen LogP) is 3.51. The van der Waals surface area contributed by atoms with E-state index in [2.05, 4.69) is 0 Å². The lowest BCUT2D eigenvalue weighted by molar-refractivity contribution is 0.0623. The maximum atomic E-state index is 15.1. The zero-order valence-corrected chi connectivity index (χ0v) is 19.5. The molecule has 0 spiro atoms. The molecule has 0 saturated carbocycles. The zero-order valence-electron chi connectivity index (χ0n) is 19.5. The molecule has 3 aliphatic rings. The molecule has 1 aliphatic heterocycles. The Morgan fingerprint density at radius 1 is 1.00 bits per heavy atom. The molecule has 2 aromatic carbocycles. The van der Waals surface area contributed by atoms with Crippen molar-refractivity contribution in [2.45, 2.75) is 32.2 Å². The van der Waals surface area contributed by atoms with Gasteiger partial charge in [0.1, 0.15) is 23.8 Å². The molecule has 2 heterocycles. The first-order valence-corrected chi connectivity index (χ1v) is 11.8. The predicted molar refractivity (Wildman–Crippen MR) is 126 cm³/mol. The Hall–Kier alpha value is -3.68. The lowest BCUT2D eigenvalue weighted by atomic mass is 9.81. The van der Waals surface area contributed by atoms with Gasteiger partial charge in [-0.3, -0.25) is 19.3 Å². The number of aromatic hydroxyl groups is 1. The number of carbonyl (C=O) groups is 1. The first kappa shape index (κ1) is 21.8. The zero-order chi connectivity index (χ0) is 24.6. The van der Waals surface area contributed by atoms with Crippen LogP contribution in [0.4, 0.5) is 8.78 Å². The number of halogens is 2. The molecule has 35 heavy (non-hydrogen) atoms. The number of fused-ring (bicyclic) bond motifs is 6. The Balaban J connectivity index is 1.69. The van der Waals surface area contributed by atoms with Gasteiger partial charge in [-0.25, -0.2) is 8.78 Å².